The number of halogens is 1. The Balaban J connectivity index is 2.21. The highest BCUT2D eigenvalue weighted by Gasteiger charge is 2.10. The normalized spacial score (nSPS) is 12.5. The molecule has 0 fully saturated rings. The minimum atomic E-state index is -0.795. The maximum Gasteiger partial charge on any atom is 0.182 e. The van der Waals surface area contributed by atoms with E-state index in [1.165, 1.54) is 0 Å². The summed E-state index contributed by atoms with van der Waals surface area (Å²) < 4.78 is 13.6. The lowest BCUT2D eigenvalue weighted by Crippen LogP contribution is -2.06. The van der Waals surface area contributed by atoms with Crippen LogP contribution in [0.5, 0.6) is 0 Å². The van der Waals surface area contributed by atoms with Gasteiger partial charge in [0.15, 0.2) is 5.82 Å². The summed E-state index contributed by atoms with van der Waals surface area (Å²) in [5, 5.41) is 11.7. The number of rotatable bonds is 5. The van der Waals surface area contributed by atoms with E-state index >= 15 is 0 Å². The second-order valence-corrected chi connectivity index (χ2v) is 6.60. The monoisotopic (exact) mass is 343 g/mol. The van der Waals surface area contributed by atoms with E-state index in [4.69, 9.17) is 5.73 Å². The Bertz CT molecular complexity index is 580. The van der Waals surface area contributed by atoms with Gasteiger partial charge in [0.2, 0.25) is 0 Å². The Morgan fingerprint density at radius 3 is 2.89 bits per heavy atom. The molecule has 0 bridgehead atoms. The third-order valence-corrected chi connectivity index (χ3v) is 3.83. The number of anilines is 1. The number of benzene rings is 1. The molecule has 0 radical (unpaired) electrons. The van der Waals surface area contributed by atoms with Crippen molar-refractivity contribution in [1.29, 1.82) is 0 Å². The zero-order valence-corrected chi connectivity index (χ0v) is 12.8. The number of hydrogen-bond acceptors (Lipinski definition) is 5. The van der Waals surface area contributed by atoms with Gasteiger partial charge in [-0.1, -0.05) is 15.9 Å². The van der Waals surface area contributed by atoms with E-state index in [1.807, 2.05) is 18.2 Å². The zero-order chi connectivity index (χ0) is 13.8. The average molecular weight is 344 g/mol. The predicted molar refractivity (Wildman–Crippen MR) is 78.9 cm³/mol. The molecule has 0 amide bonds. The van der Waals surface area contributed by atoms with Crippen LogP contribution in [0, 0.1) is 0 Å². The molecule has 0 saturated heterocycles. The van der Waals surface area contributed by atoms with Crippen molar-refractivity contribution in [1.82, 2.24) is 20.2 Å². The fraction of sp³-hybridized carbons (Fsp3) is 0.364. The molecular weight excluding hydrogens is 330 g/mol. The molecule has 1 heterocycles. The first-order valence-electron chi connectivity index (χ1n) is 5.69. The van der Waals surface area contributed by atoms with E-state index in [2.05, 4.69) is 31.5 Å². The molecule has 0 aliphatic rings. The molecule has 2 aromatic rings. The van der Waals surface area contributed by atoms with Crippen LogP contribution in [0.25, 0.3) is 11.4 Å². The second kappa shape index (κ2) is 6.25. The molecule has 0 spiro atoms. The quantitative estimate of drug-likeness (QED) is 0.830. The molecule has 19 heavy (non-hydrogen) atoms. The van der Waals surface area contributed by atoms with Crippen molar-refractivity contribution in [2.24, 2.45) is 0 Å². The fourth-order valence-corrected chi connectivity index (χ4v) is 2.77. The SMILES string of the molecule is CS(=O)CCCn1nnnc1-c1cc(N)cc(Br)c1. The van der Waals surface area contributed by atoms with Crippen LogP contribution in [0.2, 0.25) is 0 Å². The summed E-state index contributed by atoms with van der Waals surface area (Å²) in [6.07, 6.45) is 2.46. The van der Waals surface area contributed by atoms with Gasteiger partial charge in [0.05, 0.1) is 0 Å². The minimum absolute atomic E-state index is 0.633. The van der Waals surface area contributed by atoms with Gasteiger partial charge >= 0.3 is 0 Å². The van der Waals surface area contributed by atoms with E-state index in [0.29, 0.717) is 23.8 Å². The Labute approximate surface area is 122 Å². The summed E-state index contributed by atoms with van der Waals surface area (Å²) >= 11 is 3.40. The predicted octanol–water partition coefficient (Wildman–Crippen LogP) is 1.45. The largest absolute Gasteiger partial charge is 0.399 e. The summed E-state index contributed by atoms with van der Waals surface area (Å²) in [5.74, 6) is 1.30. The van der Waals surface area contributed by atoms with Crippen molar-refractivity contribution in [3.8, 4) is 11.4 Å². The number of nitrogen functional groups attached to an aromatic ring is 1. The first-order valence-corrected chi connectivity index (χ1v) is 8.21. The molecule has 0 saturated carbocycles. The van der Waals surface area contributed by atoms with Gasteiger partial charge in [0, 0.05) is 45.1 Å². The summed E-state index contributed by atoms with van der Waals surface area (Å²) in [4.78, 5) is 0. The van der Waals surface area contributed by atoms with E-state index in [-0.39, 0.29) is 0 Å². The van der Waals surface area contributed by atoms with Gasteiger partial charge in [-0.25, -0.2) is 4.68 Å². The van der Waals surface area contributed by atoms with E-state index < -0.39 is 10.8 Å². The first kappa shape index (κ1) is 14.1. The highest BCUT2D eigenvalue weighted by atomic mass is 79.9. The molecule has 8 heteroatoms. The maximum atomic E-state index is 11.0. The summed E-state index contributed by atoms with van der Waals surface area (Å²) in [6.45, 7) is 0.633. The van der Waals surface area contributed by atoms with Gasteiger partial charge in [-0.05, 0) is 35.0 Å². The van der Waals surface area contributed by atoms with Crippen molar-refractivity contribution in [3.63, 3.8) is 0 Å². The molecule has 2 rings (SSSR count). The number of nitrogens with two attached hydrogens (primary N) is 1. The molecule has 1 unspecified atom stereocenters. The smallest absolute Gasteiger partial charge is 0.182 e. The summed E-state index contributed by atoms with van der Waals surface area (Å²) in [7, 11) is -0.795. The topological polar surface area (TPSA) is 86.7 Å². The molecule has 1 atom stereocenters. The molecule has 0 aliphatic heterocycles. The van der Waals surface area contributed by atoms with Gasteiger partial charge in [0.1, 0.15) is 0 Å². The van der Waals surface area contributed by atoms with Crippen LogP contribution >= 0.6 is 15.9 Å². The molecule has 1 aromatic heterocycles. The van der Waals surface area contributed by atoms with Crippen molar-refractivity contribution in [2.75, 3.05) is 17.7 Å². The Morgan fingerprint density at radius 1 is 1.42 bits per heavy atom. The van der Waals surface area contributed by atoms with Gasteiger partial charge in [0.25, 0.3) is 0 Å². The van der Waals surface area contributed by atoms with Crippen LogP contribution < -0.4 is 5.73 Å². The van der Waals surface area contributed by atoms with Gasteiger partial charge in [-0.2, -0.15) is 0 Å². The zero-order valence-electron chi connectivity index (χ0n) is 10.4. The molecule has 102 valence electrons. The van der Waals surface area contributed by atoms with Gasteiger partial charge in [-0.3, -0.25) is 4.21 Å². The molecular formula is C11H14BrN5OS. The first-order chi connectivity index (χ1) is 9.06. The lowest BCUT2D eigenvalue weighted by Gasteiger charge is -2.05. The highest BCUT2D eigenvalue weighted by Crippen LogP contribution is 2.24. The van der Waals surface area contributed by atoms with Crippen molar-refractivity contribution in [2.45, 2.75) is 13.0 Å². The molecule has 1 aromatic carbocycles. The van der Waals surface area contributed by atoms with Gasteiger partial charge < -0.3 is 5.73 Å². The standard InChI is InChI=1S/C11H14BrN5OS/c1-19(18)4-2-3-17-11(14-15-16-17)8-5-9(12)7-10(13)6-8/h5-7H,2-4,13H2,1H3. The Kier molecular flexibility index (Phi) is 4.65. The van der Waals surface area contributed by atoms with Crippen LogP contribution in [0.4, 0.5) is 5.69 Å². The molecule has 0 aliphatic carbocycles. The minimum Gasteiger partial charge on any atom is -0.399 e. The summed E-state index contributed by atoms with van der Waals surface area (Å²) in [6, 6.07) is 5.55. The van der Waals surface area contributed by atoms with E-state index in [1.54, 1.807) is 10.9 Å². The van der Waals surface area contributed by atoms with Crippen LogP contribution in [-0.4, -0.2) is 36.4 Å². The third kappa shape index (κ3) is 3.84. The van der Waals surface area contributed by atoms with Crippen molar-refractivity contribution < 1.29 is 4.21 Å². The van der Waals surface area contributed by atoms with E-state index in [9.17, 15) is 4.21 Å². The van der Waals surface area contributed by atoms with Gasteiger partial charge in [-0.15, -0.1) is 5.10 Å². The second-order valence-electron chi connectivity index (χ2n) is 4.13. The number of tetrazole rings is 1. The Hall–Kier alpha value is -1.28. The average Bonchev–Trinajstić information content (AvgIpc) is 2.75. The van der Waals surface area contributed by atoms with Crippen LogP contribution in [0.3, 0.4) is 0 Å². The van der Waals surface area contributed by atoms with E-state index in [0.717, 1.165) is 16.5 Å². The van der Waals surface area contributed by atoms with Crippen LogP contribution in [0.1, 0.15) is 6.42 Å². The molecule has 2 N–H and O–H groups in total. The number of aromatic nitrogens is 4. The Morgan fingerprint density at radius 2 is 2.21 bits per heavy atom. The molecule has 6 nitrogen and oxygen atoms in total. The lowest BCUT2D eigenvalue weighted by molar-refractivity contribution is 0.583. The number of aryl methyl sites for hydroxylation is 1. The lowest BCUT2D eigenvalue weighted by atomic mass is 10.2. The fourth-order valence-electron chi connectivity index (χ4n) is 1.72. The van der Waals surface area contributed by atoms with Crippen molar-refractivity contribution in [3.05, 3.63) is 22.7 Å². The number of nitrogens with zero attached hydrogens (tertiary/aromatic N) is 4. The maximum absolute atomic E-state index is 11.0. The van der Waals surface area contributed by atoms with Crippen molar-refractivity contribution >= 4 is 32.4 Å². The van der Waals surface area contributed by atoms with Crippen LogP contribution in [0.15, 0.2) is 22.7 Å². The summed E-state index contributed by atoms with van der Waals surface area (Å²) in [5.41, 5.74) is 7.31. The highest BCUT2D eigenvalue weighted by molar-refractivity contribution is 9.10. The third-order valence-electron chi connectivity index (χ3n) is 2.51. The van der Waals surface area contributed by atoms with Crippen LogP contribution in [-0.2, 0) is 17.3 Å². The number of hydrogen-bond donors (Lipinski definition) is 1.